The van der Waals surface area contributed by atoms with Crippen molar-refractivity contribution < 1.29 is 19.4 Å². The van der Waals surface area contributed by atoms with Crippen LogP contribution in [0.2, 0.25) is 0 Å². The molecular formula is C22H25NO4S. The van der Waals surface area contributed by atoms with E-state index < -0.39 is 17.7 Å². The molecule has 3 rings (SSSR count). The molecule has 0 bridgehead atoms. The van der Waals surface area contributed by atoms with Gasteiger partial charge in [0.05, 0.1) is 24.3 Å². The summed E-state index contributed by atoms with van der Waals surface area (Å²) in [5.41, 5.74) is 2.71. The van der Waals surface area contributed by atoms with Gasteiger partial charge >= 0.3 is 0 Å². The zero-order chi connectivity index (χ0) is 20.4. The molecular weight excluding hydrogens is 374 g/mol. The van der Waals surface area contributed by atoms with Crippen molar-refractivity contribution in [2.24, 2.45) is 0 Å². The third-order valence-electron chi connectivity index (χ3n) is 4.80. The number of ether oxygens (including phenoxy) is 1. The number of aliphatic hydroxyl groups excluding tert-OH is 1. The molecule has 0 spiro atoms. The number of carbonyl (C=O) groups is 2. The van der Waals surface area contributed by atoms with E-state index >= 15 is 0 Å². The lowest BCUT2D eigenvalue weighted by Crippen LogP contribution is -2.33. The SMILES string of the molecule is Cc1ccc(/C(O)=C2/C(=O)C(=O)N(CCOC(C)C)C2c2sccc2C)cc1. The van der Waals surface area contributed by atoms with Crippen molar-refractivity contribution in [3.63, 3.8) is 0 Å². The van der Waals surface area contributed by atoms with Crippen LogP contribution in [0.3, 0.4) is 0 Å². The molecule has 6 heteroatoms. The highest BCUT2D eigenvalue weighted by Crippen LogP contribution is 2.42. The predicted molar refractivity (Wildman–Crippen MR) is 110 cm³/mol. The smallest absolute Gasteiger partial charge is 0.295 e. The van der Waals surface area contributed by atoms with E-state index in [4.69, 9.17) is 4.74 Å². The van der Waals surface area contributed by atoms with Crippen LogP contribution in [0, 0.1) is 13.8 Å². The van der Waals surface area contributed by atoms with Gasteiger partial charge in [-0.2, -0.15) is 0 Å². The molecule has 1 aliphatic rings. The zero-order valence-corrected chi connectivity index (χ0v) is 17.4. The van der Waals surface area contributed by atoms with Crippen LogP contribution in [0.25, 0.3) is 5.76 Å². The first kappa shape index (κ1) is 20.3. The van der Waals surface area contributed by atoms with E-state index in [0.717, 1.165) is 16.0 Å². The normalized spacial score (nSPS) is 19.0. The van der Waals surface area contributed by atoms with E-state index in [1.165, 1.54) is 16.2 Å². The number of Topliss-reactive ketones (excluding diaryl/α,β-unsaturated/α-hetero) is 1. The molecule has 28 heavy (non-hydrogen) atoms. The van der Waals surface area contributed by atoms with Gasteiger partial charge in [0.15, 0.2) is 0 Å². The number of nitrogens with zero attached hydrogens (tertiary/aromatic N) is 1. The molecule has 0 saturated carbocycles. The van der Waals surface area contributed by atoms with Gasteiger partial charge in [0.25, 0.3) is 11.7 Å². The highest BCUT2D eigenvalue weighted by atomic mass is 32.1. The number of thiophene rings is 1. The second kappa shape index (κ2) is 8.29. The van der Waals surface area contributed by atoms with Crippen LogP contribution in [-0.2, 0) is 14.3 Å². The summed E-state index contributed by atoms with van der Waals surface area (Å²) in [4.78, 5) is 28.0. The number of hydrogen-bond acceptors (Lipinski definition) is 5. The largest absolute Gasteiger partial charge is 0.507 e. The summed E-state index contributed by atoms with van der Waals surface area (Å²) in [5, 5.41) is 12.9. The van der Waals surface area contributed by atoms with Gasteiger partial charge in [-0.1, -0.05) is 29.8 Å². The Bertz CT molecular complexity index is 911. The second-order valence-corrected chi connectivity index (χ2v) is 8.19. The molecule has 5 nitrogen and oxygen atoms in total. The van der Waals surface area contributed by atoms with E-state index in [-0.39, 0.29) is 24.0 Å². The molecule has 148 valence electrons. The standard InChI is InChI=1S/C22H25NO4S/c1-13(2)27-11-10-23-18(21-15(4)9-12-28-21)17(20(25)22(23)26)19(24)16-7-5-14(3)6-8-16/h5-9,12-13,18,24H,10-11H2,1-4H3/b19-17-. The predicted octanol–water partition coefficient (Wildman–Crippen LogP) is 4.21. The van der Waals surface area contributed by atoms with Crippen molar-refractivity contribution in [3.8, 4) is 0 Å². The average Bonchev–Trinajstić information content (AvgIpc) is 3.17. The van der Waals surface area contributed by atoms with Crippen LogP contribution in [0.4, 0.5) is 0 Å². The van der Waals surface area contributed by atoms with Gasteiger partial charge in [0.1, 0.15) is 5.76 Å². The summed E-state index contributed by atoms with van der Waals surface area (Å²) >= 11 is 1.48. The van der Waals surface area contributed by atoms with Gasteiger partial charge < -0.3 is 14.7 Å². The van der Waals surface area contributed by atoms with Crippen LogP contribution in [0.1, 0.15) is 41.5 Å². The Morgan fingerprint density at radius 2 is 1.86 bits per heavy atom. The lowest BCUT2D eigenvalue weighted by atomic mass is 9.98. The first-order valence-electron chi connectivity index (χ1n) is 9.32. The van der Waals surface area contributed by atoms with E-state index in [1.807, 2.05) is 51.3 Å². The van der Waals surface area contributed by atoms with Crippen molar-refractivity contribution >= 4 is 28.8 Å². The first-order valence-corrected chi connectivity index (χ1v) is 10.2. The summed E-state index contributed by atoms with van der Waals surface area (Å²) in [6.07, 6.45) is 0.0336. The van der Waals surface area contributed by atoms with Gasteiger partial charge in [0, 0.05) is 17.0 Å². The van der Waals surface area contributed by atoms with Crippen molar-refractivity contribution in [1.82, 2.24) is 4.90 Å². The first-order chi connectivity index (χ1) is 13.3. The van der Waals surface area contributed by atoms with Crippen LogP contribution in [0.15, 0.2) is 41.3 Å². The molecule has 2 aromatic rings. The van der Waals surface area contributed by atoms with Gasteiger partial charge in [-0.05, 0) is 44.7 Å². The van der Waals surface area contributed by atoms with Crippen molar-refractivity contribution in [1.29, 1.82) is 0 Å². The molecule has 2 heterocycles. The highest BCUT2D eigenvalue weighted by Gasteiger charge is 2.46. The number of carbonyl (C=O) groups excluding carboxylic acids is 2. The van der Waals surface area contributed by atoms with Crippen LogP contribution >= 0.6 is 11.3 Å². The number of ketones is 1. The fourth-order valence-electron chi connectivity index (χ4n) is 3.30. The molecule has 1 unspecified atom stereocenters. The minimum atomic E-state index is -0.652. The molecule has 1 N–H and O–H groups in total. The molecule has 1 aromatic carbocycles. The Morgan fingerprint density at radius 1 is 1.18 bits per heavy atom. The van der Waals surface area contributed by atoms with E-state index in [0.29, 0.717) is 12.2 Å². The minimum absolute atomic E-state index is 0.0336. The van der Waals surface area contributed by atoms with Crippen molar-refractivity contribution in [2.45, 2.75) is 39.8 Å². The number of amides is 1. The Kier molecular flexibility index (Phi) is 6.01. The highest BCUT2D eigenvalue weighted by molar-refractivity contribution is 7.10. The number of rotatable bonds is 6. The zero-order valence-electron chi connectivity index (χ0n) is 16.6. The quantitative estimate of drug-likeness (QED) is 0.449. The number of benzene rings is 1. The molecule has 0 aliphatic carbocycles. The Hall–Kier alpha value is -2.44. The lowest BCUT2D eigenvalue weighted by Gasteiger charge is -2.25. The maximum Gasteiger partial charge on any atom is 0.295 e. The van der Waals surface area contributed by atoms with Crippen LogP contribution < -0.4 is 0 Å². The summed E-state index contributed by atoms with van der Waals surface area (Å²) < 4.78 is 5.60. The molecule has 1 atom stereocenters. The van der Waals surface area contributed by atoms with Gasteiger partial charge in [-0.15, -0.1) is 11.3 Å². The molecule has 1 fully saturated rings. The van der Waals surface area contributed by atoms with Crippen LogP contribution in [-0.4, -0.2) is 41.0 Å². The Morgan fingerprint density at radius 3 is 2.43 bits per heavy atom. The van der Waals surface area contributed by atoms with Crippen LogP contribution in [0.5, 0.6) is 0 Å². The van der Waals surface area contributed by atoms with Crippen molar-refractivity contribution in [3.05, 3.63) is 62.9 Å². The molecule has 1 amide bonds. The molecule has 1 aromatic heterocycles. The fourth-order valence-corrected chi connectivity index (χ4v) is 4.35. The monoisotopic (exact) mass is 399 g/mol. The second-order valence-electron chi connectivity index (χ2n) is 7.25. The van der Waals surface area contributed by atoms with E-state index in [9.17, 15) is 14.7 Å². The third kappa shape index (κ3) is 3.88. The topological polar surface area (TPSA) is 66.8 Å². The molecule has 0 radical (unpaired) electrons. The maximum absolute atomic E-state index is 12.9. The van der Waals surface area contributed by atoms with Gasteiger partial charge in [-0.3, -0.25) is 9.59 Å². The Balaban J connectivity index is 2.07. The Labute approximate surface area is 169 Å². The average molecular weight is 400 g/mol. The third-order valence-corrected chi connectivity index (χ3v) is 5.87. The molecule has 1 saturated heterocycles. The maximum atomic E-state index is 12.9. The number of hydrogen-bond donors (Lipinski definition) is 1. The summed E-state index contributed by atoms with van der Waals surface area (Å²) in [6, 6.07) is 8.62. The molecule has 1 aliphatic heterocycles. The minimum Gasteiger partial charge on any atom is -0.507 e. The number of aryl methyl sites for hydroxylation is 2. The fraction of sp³-hybridized carbons (Fsp3) is 0.364. The van der Waals surface area contributed by atoms with Crippen molar-refractivity contribution in [2.75, 3.05) is 13.2 Å². The lowest BCUT2D eigenvalue weighted by molar-refractivity contribution is -0.140. The van der Waals surface area contributed by atoms with Gasteiger partial charge in [0.2, 0.25) is 0 Å². The number of aliphatic hydroxyl groups is 1. The summed E-state index contributed by atoms with van der Waals surface area (Å²) in [5.74, 6) is -1.39. The number of likely N-dealkylation sites (tertiary alicyclic amines) is 1. The summed E-state index contributed by atoms with van der Waals surface area (Å²) in [6.45, 7) is 8.36. The summed E-state index contributed by atoms with van der Waals surface area (Å²) in [7, 11) is 0. The van der Waals surface area contributed by atoms with E-state index in [2.05, 4.69) is 0 Å². The van der Waals surface area contributed by atoms with Gasteiger partial charge in [-0.25, -0.2) is 0 Å². The van der Waals surface area contributed by atoms with E-state index in [1.54, 1.807) is 12.1 Å².